The van der Waals surface area contributed by atoms with Crippen molar-refractivity contribution in [2.24, 2.45) is 0 Å². The maximum Gasteiger partial charge on any atom is 0.225 e. The maximum atomic E-state index is 10.1. The monoisotopic (exact) mass is 243 g/mol. The summed E-state index contributed by atoms with van der Waals surface area (Å²) in [6, 6.07) is 7.95. The van der Waals surface area contributed by atoms with Crippen molar-refractivity contribution in [1.82, 2.24) is 9.97 Å². The molecule has 2 heterocycles. The smallest absolute Gasteiger partial charge is 0.225 e. The molecule has 1 aromatic carbocycles. The van der Waals surface area contributed by atoms with Crippen LogP contribution in [0.5, 0.6) is 0 Å². The molecule has 3 rings (SSSR count). The average molecular weight is 243 g/mol. The molecule has 1 aromatic heterocycles. The van der Waals surface area contributed by atoms with E-state index in [4.69, 9.17) is 0 Å². The van der Waals surface area contributed by atoms with Gasteiger partial charge in [-0.05, 0) is 25.8 Å². The van der Waals surface area contributed by atoms with Crippen LogP contribution in [0.1, 0.15) is 19.8 Å². The van der Waals surface area contributed by atoms with E-state index in [1.54, 1.807) is 0 Å². The van der Waals surface area contributed by atoms with Gasteiger partial charge in [0.1, 0.15) is 0 Å². The number of anilines is 1. The Kier molecular flexibility index (Phi) is 2.67. The third-order valence-corrected chi connectivity index (χ3v) is 3.43. The van der Waals surface area contributed by atoms with Crippen LogP contribution in [0.15, 0.2) is 30.5 Å². The van der Waals surface area contributed by atoms with Gasteiger partial charge in [0, 0.05) is 24.7 Å². The molecule has 4 heteroatoms. The third kappa shape index (κ3) is 2.16. The van der Waals surface area contributed by atoms with Crippen LogP contribution in [0.25, 0.3) is 10.9 Å². The number of aliphatic hydroxyl groups is 1. The van der Waals surface area contributed by atoms with E-state index in [-0.39, 0.29) is 0 Å². The highest BCUT2D eigenvalue weighted by Crippen LogP contribution is 2.24. The standard InChI is InChI=1S/C14H17N3O/c1-14(18)7-4-8-17(10-14)13-15-9-11-5-2-3-6-12(11)16-13/h2-3,5-6,9,18H,4,7-8,10H2,1H3/t14-/m0/s1. The zero-order valence-electron chi connectivity index (χ0n) is 10.5. The SMILES string of the molecule is C[C@]1(O)CCCN(c2ncc3ccccc3n2)C1. The largest absolute Gasteiger partial charge is 0.388 e. The first-order valence-corrected chi connectivity index (χ1v) is 6.33. The highest BCUT2D eigenvalue weighted by molar-refractivity contribution is 5.78. The summed E-state index contributed by atoms with van der Waals surface area (Å²) in [7, 11) is 0. The predicted octanol–water partition coefficient (Wildman–Crippen LogP) is 1.98. The molecule has 1 saturated heterocycles. The molecular formula is C14H17N3O. The molecule has 1 aliphatic rings. The number of rotatable bonds is 1. The number of β-amino-alcohol motifs (C(OH)–C–C–N with tert-alkyl or cyclic N) is 1. The Bertz CT molecular complexity index is 568. The van der Waals surface area contributed by atoms with Gasteiger partial charge in [-0.25, -0.2) is 9.97 Å². The molecule has 94 valence electrons. The molecule has 2 aromatic rings. The number of benzene rings is 1. The number of fused-ring (bicyclic) bond motifs is 1. The summed E-state index contributed by atoms with van der Waals surface area (Å²) in [5.74, 6) is 0.716. The lowest BCUT2D eigenvalue weighted by Crippen LogP contribution is -2.46. The minimum atomic E-state index is -0.632. The van der Waals surface area contributed by atoms with Crippen molar-refractivity contribution in [2.45, 2.75) is 25.4 Å². The molecule has 0 amide bonds. The first-order valence-electron chi connectivity index (χ1n) is 6.33. The second kappa shape index (κ2) is 4.21. The Morgan fingerprint density at radius 2 is 2.17 bits per heavy atom. The highest BCUT2D eigenvalue weighted by atomic mass is 16.3. The molecule has 1 aliphatic heterocycles. The first kappa shape index (κ1) is 11.4. The normalized spacial score (nSPS) is 24.4. The third-order valence-electron chi connectivity index (χ3n) is 3.43. The van der Waals surface area contributed by atoms with E-state index in [0.717, 1.165) is 30.3 Å². The zero-order chi connectivity index (χ0) is 12.6. The lowest BCUT2D eigenvalue weighted by Gasteiger charge is -2.36. The van der Waals surface area contributed by atoms with Gasteiger partial charge < -0.3 is 10.0 Å². The Morgan fingerprint density at radius 3 is 3.00 bits per heavy atom. The van der Waals surface area contributed by atoms with Crippen LogP contribution < -0.4 is 4.90 Å². The Labute approximate surface area is 106 Å². The Balaban J connectivity index is 1.94. The van der Waals surface area contributed by atoms with Crippen molar-refractivity contribution >= 4 is 16.9 Å². The molecule has 18 heavy (non-hydrogen) atoms. The van der Waals surface area contributed by atoms with E-state index >= 15 is 0 Å². The summed E-state index contributed by atoms with van der Waals surface area (Å²) in [6.07, 6.45) is 3.67. The number of nitrogens with zero attached hydrogens (tertiary/aromatic N) is 3. The highest BCUT2D eigenvalue weighted by Gasteiger charge is 2.29. The molecule has 0 bridgehead atoms. The van der Waals surface area contributed by atoms with Crippen LogP contribution >= 0.6 is 0 Å². The number of hydrogen-bond acceptors (Lipinski definition) is 4. The van der Waals surface area contributed by atoms with Crippen LogP contribution in [0.2, 0.25) is 0 Å². The number of aromatic nitrogens is 2. The molecule has 0 radical (unpaired) electrons. The van der Waals surface area contributed by atoms with Crippen molar-refractivity contribution in [3.63, 3.8) is 0 Å². The van der Waals surface area contributed by atoms with Crippen molar-refractivity contribution in [2.75, 3.05) is 18.0 Å². The molecule has 1 N–H and O–H groups in total. The molecule has 0 saturated carbocycles. The average Bonchev–Trinajstić information content (AvgIpc) is 2.37. The molecule has 0 aliphatic carbocycles. The molecule has 0 spiro atoms. The first-order chi connectivity index (χ1) is 8.64. The van der Waals surface area contributed by atoms with Crippen LogP contribution in [-0.4, -0.2) is 33.8 Å². The summed E-state index contributed by atoms with van der Waals surface area (Å²) < 4.78 is 0. The van der Waals surface area contributed by atoms with Gasteiger partial charge in [-0.15, -0.1) is 0 Å². The van der Waals surface area contributed by atoms with E-state index in [9.17, 15) is 5.11 Å². The van der Waals surface area contributed by atoms with Gasteiger partial charge in [0.05, 0.1) is 11.1 Å². The zero-order valence-corrected chi connectivity index (χ0v) is 10.5. The van der Waals surface area contributed by atoms with E-state index in [2.05, 4.69) is 14.9 Å². The quantitative estimate of drug-likeness (QED) is 0.832. The van der Waals surface area contributed by atoms with E-state index < -0.39 is 5.60 Å². The van der Waals surface area contributed by atoms with Gasteiger partial charge in [0.25, 0.3) is 0 Å². The molecule has 1 fully saturated rings. The maximum absolute atomic E-state index is 10.1. The van der Waals surface area contributed by atoms with Gasteiger partial charge in [-0.1, -0.05) is 18.2 Å². The van der Waals surface area contributed by atoms with Crippen LogP contribution in [0, 0.1) is 0 Å². The number of hydrogen-bond donors (Lipinski definition) is 1. The lowest BCUT2D eigenvalue weighted by molar-refractivity contribution is 0.0445. The van der Waals surface area contributed by atoms with Gasteiger partial charge in [0.2, 0.25) is 5.95 Å². The Morgan fingerprint density at radius 1 is 1.33 bits per heavy atom. The molecule has 0 unspecified atom stereocenters. The molecular weight excluding hydrogens is 226 g/mol. The van der Waals surface area contributed by atoms with Crippen LogP contribution in [0.3, 0.4) is 0 Å². The minimum absolute atomic E-state index is 0.603. The van der Waals surface area contributed by atoms with Gasteiger partial charge in [-0.2, -0.15) is 0 Å². The fourth-order valence-corrected chi connectivity index (χ4v) is 2.51. The fraction of sp³-hybridized carbons (Fsp3) is 0.429. The summed E-state index contributed by atoms with van der Waals surface area (Å²) >= 11 is 0. The summed E-state index contributed by atoms with van der Waals surface area (Å²) in [5.41, 5.74) is 0.320. The van der Waals surface area contributed by atoms with Crippen LogP contribution in [-0.2, 0) is 0 Å². The van der Waals surface area contributed by atoms with Crippen molar-refractivity contribution in [3.05, 3.63) is 30.5 Å². The van der Waals surface area contributed by atoms with Gasteiger partial charge >= 0.3 is 0 Å². The topological polar surface area (TPSA) is 49.2 Å². The van der Waals surface area contributed by atoms with Gasteiger partial charge in [0.15, 0.2) is 0 Å². The number of piperidine rings is 1. The van der Waals surface area contributed by atoms with Crippen LogP contribution in [0.4, 0.5) is 5.95 Å². The van der Waals surface area contributed by atoms with E-state index in [1.807, 2.05) is 37.4 Å². The second-order valence-electron chi connectivity index (χ2n) is 5.25. The van der Waals surface area contributed by atoms with E-state index in [0.29, 0.717) is 12.5 Å². The van der Waals surface area contributed by atoms with Crippen molar-refractivity contribution in [3.8, 4) is 0 Å². The Hall–Kier alpha value is -1.68. The predicted molar refractivity (Wildman–Crippen MR) is 71.6 cm³/mol. The fourth-order valence-electron chi connectivity index (χ4n) is 2.51. The summed E-state index contributed by atoms with van der Waals surface area (Å²) in [6.45, 7) is 3.39. The summed E-state index contributed by atoms with van der Waals surface area (Å²) in [4.78, 5) is 11.0. The van der Waals surface area contributed by atoms with Gasteiger partial charge in [-0.3, -0.25) is 0 Å². The number of para-hydroxylation sites is 1. The second-order valence-corrected chi connectivity index (χ2v) is 5.25. The van der Waals surface area contributed by atoms with E-state index in [1.165, 1.54) is 0 Å². The molecule has 1 atom stereocenters. The lowest BCUT2D eigenvalue weighted by atomic mass is 9.95. The van der Waals surface area contributed by atoms with Crippen molar-refractivity contribution < 1.29 is 5.11 Å². The molecule has 4 nitrogen and oxygen atoms in total. The summed E-state index contributed by atoms with van der Waals surface area (Å²) in [5, 5.41) is 11.2. The minimum Gasteiger partial charge on any atom is -0.388 e. The van der Waals surface area contributed by atoms with Crippen molar-refractivity contribution in [1.29, 1.82) is 0 Å².